The Balaban J connectivity index is 2.74. The van der Waals surface area contributed by atoms with E-state index >= 15 is 0 Å². The Morgan fingerprint density at radius 3 is 2.48 bits per heavy atom. The van der Waals surface area contributed by atoms with Gasteiger partial charge in [-0.3, -0.25) is 4.79 Å². The monoisotopic (exact) mass is 301 g/mol. The molecule has 2 aromatic rings. The van der Waals surface area contributed by atoms with Crippen LogP contribution in [-0.4, -0.2) is 4.57 Å². The molecule has 0 spiro atoms. The summed E-state index contributed by atoms with van der Waals surface area (Å²) in [5.74, 6) is 0.475. The highest BCUT2D eigenvalue weighted by Gasteiger charge is 2.15. The highest BCUT2D eigenvalue weighted by Crippen LogP contribution is 2.26. The van der Waals surface area contributed by atoms with Gasteiger partial charge in [-0.15, -0.1) is 0 Å². The molecule has 0 bridgehead atoms. The average molecular weight is 301 g/mol. The summed E-state index contributed by atoms with van der Waals surface area (Å²) in [6, 6.07) is 10.5. The first kappa shape index (κ1) is 15.9. The molecule has 2 rings (SSSR count). The van der Waals surface area contributed by atoms with Gasteiger partial charge in [0.15, 0.2) is 0 Å². The predicted molar refractivity (Wildman–Crippen MR) is 93.3 cm³/mol. The van der Waals surface area contributed by atoms with Crippen LogP contribution in [0.4, 0.5) is 0 Å². The van der Waals surface area contributed by atoms with E-state index in [-0.39, 0.29) is 11.6 Å². The zero-order valence-corrected chi connectivity index (χ0v) is 14.1. The first-order valence-corrected chi connectivity index (χ1v) is 8.05. The van der Waals surface area contributed by atoms with Gasteiger partial charge >= 0.3 is 0 Å². The zero-order valence-electron chi connectivity index (χ0n) is 13.2. The van der Waals surface area contributed by atoms with Crippen LogP contribution in [0.2, 0.25) is 0 Å². The molecule has 0 amide bonds. The molecular formula is C18H23NOS. The summed E-state index contributed by atoms with van der Waals surface area (Å²) in [4.78, 5) is 12.7. The number of pyridine rings is 1. The Bertz CT molecular complexity index is 703. The maximum absolute atomic E-state index is 12.7. The fourth-order valence-corrected chi connectivity index (χ4v) is 2.90. The summed E-state index contributed by atoms with van der Waals surface area (Å²) in [5.41, 5.74) is 5.40. The summed E-state index contributed by atoms with van der Waals surface area (Å²) < 4.78 is 1.92. The average Bonchev–Trinajstić information content (AvgIpc) is 2.46. The second-order valence-corrected chi connectivity index (χ2v) is 5.97. The Morgan fingerprint density at radius 2 is 1.90 bits per heavy atom. The molecule has 21 heavy (non-hydrogen) atoms. The van der Waals surface area contributed by atoms with E-state index in [1.165, 1.54) is 11.1 Å². The Hall–Kier alpha value is -1.48. The van der Waals surface area contributed by atoms with E-state index in [1.54, 1.807) is 0 Å². The molecule has 0 saturated carbocycles. The first-order chi connectivity index (χ1) is 9.99. The van der Waals surface area contributed by atoms with Gasteiger partial charge in [-0.05, 0) is 38.8 Å². The largest absolute Gasteiger partial charge is 0.305 e. The van der Waals surface area contributed by atoms with E-state index in [1.807, 2.05) is 10.6 Å². The fraction of sp³-hybridized carbons (Fsp3) is 0.389. The van der Waals surface area contributed by atoms with Gasteiger partial charge in [-0.2, -0.15) is 12.6 Å². The SMILES string of the molecule is CCC(C)n1c(-c2ccc(C)cc2C)ccc(CS)c1=O. The van der Waals surface area contributed by atoms with Gasteiger partial charge in [-0.1, -0.05) is 36.8 Å². The third-order valence-electron chi connectivity index (χ3n) is 4.06. The number of hydrogen-bond acceptors (Lipinski definition) is 2. The molecule has 2 nitrogen and oxygen atoms in total. The molecule has 1 unspecified atom stereocenters. The molecular weight excluding hydrogens is 278 g/mol. The topological polar surface area (TPSA) is 22.0 Å². The highest BCUT2D eigenvalue weighted by molar-refractivity contribution is 7.79. The second-order valence-electron chi connectivity index (χ2n) is 5.65. The van der Waals surface area contributed by atoms with Gasteiger partial charge in [0.25, 0.3) is 5.56 Å². The third kappa shape index (κ3) is 3.08. The van der Waals surface area contributed by atoms with Crippen LogP contribution >= 0.6 is 12.6 Å². The van der Waals surface area contributed by atoms with Crippen molar-refractivity contribution in [3.63, 3.8) is 0 Å². The van der Waals surface area contributed by atoms with E-state index in [0.29, 0.717) is 5.75 Å². The lowest BCUT2D eigenvalue weighted by atomic mass is 10.0. The minimum Gasteiger partial charge on any atom is -0.305 e. The number of benzene rings is 1. The second kappa shape index (κ2) is 6.52. The van der Waals surface area contributed by atoms with Gasteiger partial charge < -0.3 is 4.57 Å². The van der Waals surface area contributed by atoms with Gasteiger partial charge in [0.2, 0.25) is 0 Å². The van der Waals surface area contributed by atoms with Crippen LogP contribution in [0.25, 0.3) is 11.3 Å². The van der Waals surface area contributed by atoms with Crippen molar-refractivity contribution >= 4 is 12.6 Å². The van der Waals surface area contributed by atoms with Crippen LogP contribution in [-0.2, 0) is 5.75 Å². The predicted octanol–water partition coefficient (Wildman–Crippen LogP) is 4.53. The minimum absolute atomic E-state index is 0.0804. The quantitative estimate of drug-likeness (QED) is 0.823. The molecule has 1 aromatic carbocycles. The van der Waals surface area contributed by atoms with Gasteiger partial charge in [0.05, 0.1) is 5.69 Å². The number of thiol groups is 1. The standard InChI is InChI=1S/C18H23NOS/c1-5-14(4)19-17(9-7-15(11-21)18(19)20)16-8-6-12(2)10-13(16)3/h6-10,14,21H,5,11H2,1-4H3. The van der Waals surface area contributed by atoms with Crippen LogP contribution < -0.4 is 5.56 Å². The minimum atomic E-state index is 0.0804. The summed E-state index contributed by atoms with van der Waals surface area (Å²) in [7, 11) is 0. The van der Waals surface area contributed by atoms with Gasteiger partial charge in [-0.25, -0.2) is 0 Å². The van der Waals surface area contributed by atoms with E-state index in [4.69, 9.17) is 0 Å². The lowest BCUT2D eigenvalue weighted by Crippen LogP contribution is -2.27. The maximum Gasteiger partial charge on any atom is 0.255 e. The van der Waals surface area contributed by atoms with Gasteiger partial charge in [0, 0.05) is 22.9 Å². The molecule has 0 fully saturated rings. The van der Waals surface area contributed by atoms with E-state index in [2.05, 4.69) is 64.6 Å². The van der Waals surface area contributed by atoms with Crippen LogP contribution in [0.1, 0.15) is 43.0 Å². The molecule has 3 heteroatoms. The number of aromatic nitrogens is 1. The number of nitrogens with zero attached hydrogens (tertiary/aromatic N) is 1. The summed E-state index contributed by atoms with van der Waals surface area (Å²) in [6.45, 7) is 8.38. The third-order valence-corrected chi connectivity index (χ3v) is 4.40. The van der Waals surface area contributed by atoms with Crippen molar-refractivity contribution in [2.75, 3.05) is 0 Å². The highest BCUT2D eigenvalue weighted by atomic mass is 32.1. The van der Waals surface area contributed by atoms with E-state index in [0.717, 1.165) is 23.2 Å². The molecule has 1 aromatic heterocycles. The Labute approximate surface area is 132 Å². The van der Waals surface area contributed by atoms with Crippen LogP contribution in [0.5, 0.6) is 0 Å². The van der Waals surface area contributed by atoms with Crippen molar-refractivity contribution in [1.29, 1.82) is 0 Å². The molecule has 0 aliphatic carbocycles. The number of hydrogen-bond donors (Lipinski definition) is 1. The van der Waals surface area contributed by atoms with Crippen molar-refractivity contribution in [1.82, 2.24) is 4.57 Å². The molecule has 1 heterocycles. The van der Waals surface area contributed by atoms with Crippen molar-refractivity contribution in [3.05, 3.63) is 57.4 Å². The number of aryl methyl sites for hydroxylation is 2. The number of rotatable bonds is 4. The van der Waals surface area contributed by atoms with Gasteiger partial charge in [0.1, 0.15) is 0 Å². The van der Waals surface area contributed by atoms with E-state index < -0.39 is 0 Å². The summed E-state index contributed by atoms with van der Waals surface area (Å²) in [5, 5.41) is 0. The van der Waals surface area contributed by atoms with E-state index in [9.17, 15) is 4.79 Å². The van der Waals surface area contributed by atoms with Crippen LogP contribution in [0, 0.1) is 13.8 Å². The zero-order chi connectivity index (χ0) is 15.6. The van der Waals surface area contributed by atoms with Crippen molar-refractivity contribution < 1.29 is 0 Å². The Kier molecular flexibility index (Phi) is 4.94. The molecule has 0 saturated heterocycles. The van der Waals surface area contributed by atoms with Crippen molar-refractivity contribution in [2.45, 2.75) is 45.9 Å². The van der Waals surface area contributed by atoms with Crippen molar-refractivity contribution in [2.24, 2.45) is 0 Å². The van der Waals surface area contributed by atoms with Crippen LogP contribution in [0.3, 0.4) is 0 Å². The lowest BCUT2D eigenvalue weighted by molar-refractivity contribution is 0.517. The fourth-order valence-electron chi connectivity index (χ4n) is 2.66. The molecule has 1 atom stereocenters. The smallest absolute Gasteiger partial charge is 0.255 e. The Morgan fingerprint density at radius 1 is 1.19 bits per heavy atom. The molecule has 0 N–H and O–H groups in total. The summed E-state index contributed by atoms with van der Waals surface area (Å²) >= 11 is 4.27. The molecule has 0 aliphatic rings. The normalized spacial score (nSPS) is 12.4. The lowest BCUT2D eigenvalue weighted by Gasteiger charge is -2.21. The summed E-state index contributed by atoms with van der Waals surface area (Å²) in [6.07, 6.45) is 0.924. The maximum atomic E-state index is 12.7. The molecule has 112 valence electrons. The first-order valence-electron chi connectivity index (χ1n) is 7.42. The molecule has 0 radical (unpaired) electrons. The van der Waals surface area contributed by atoms with Crippen LogP contribution in [0.15, 0.2) is 35.1 Å². The van der Waals surface area contributed by atoms with Crippen molar-refractivity contribution in [3.8, 4) is 11.3 Å². The molecule has 0 aliphatic heterocycles.